The van der Waals surface area contributed by atoms with Gasteiger partial charge in [0.1, 0.15) is 6.23 Å². The monoisotopic (exact) mass is 154 g/mol. The van der Waals surface area contributed by atoms with Crippen LogP contribution in [0.1, 0.15) is 26.5 Å². The number of aliphatic hydroxyl groups is 1. The summed E-state index contributed by atoms with van der Waals surface area (Å²) in [5.74, 6) is 0.259. The summed E-state index contributed by atoms with van der Waals surface area (Å²) in [4.78, 5) is 0. The summed E-state index contributed by atoms with van der Waals surface area (Å²) in [6, 6.07) is 1.81. The number of aromatic nitrogens is 2. The highest BCUT2D eigenvalue weighted by Gasteiger charge is 2.12. The number of nitrogens with zero attached hydrogens (tertiary/aromatic N) is 2. The van der Waals surface area contributed by atoms with Gasteiger partial charge in [0.15, 0.2) is 0 Å². The van der Waals surface area contributed by atoms with Crippen LogP contribution >= 0.6 is 0 Å². The second-order valence-electron chi connectivity index (χ2n) is 2.79. The Hall–Kier alpha value is -0.830. The smallest absolute Gasteiger partial charge is 0.149 e. The molecular formula is C8H14N2O. The van der Waals surface area contributed by atoms with Crippen LogP contribution in [0.5, 0.6) is 0 Å². The predicted molar refractivity (Wildman–Crippen MR) is 42.9 cm³/mol. The van der Waals surface area contributed by atoms with Gasteiger partial charge in [-0.05, 0) is 12.5 Å². The van der Waals surface area contributed by atoms with Gasteiger partial charge in [0.2, 0.25) is 0 Å². The van der Waals surface area contributed by atoms with Crippen LogP contribution < -0.4 is 0 Å². The van der Waals surface area contributed by atoms with Gasteiger partial charge in [0.25, 0.3) is 0 Å². The van der Waals surface area contributed by atoms with Crippen LogP contribution in [-0.2, 0) is 0 Å². The molecule has 0 saturated carbocycles. The van der Waals surface area contributed by atoms with Crippen molar-refractivity contribution in [1.82, 2.24) is 9.78 Å². The molecule has 3 nitrogen and oxygen atoms in total. The Morgan fingerprint density at radius 1 is 1.64 bits per heavy atom. The first-order chi connectivity index (χ1) is 5.25. The van der Waals surface area contributed by atoms with Gasteiger partial charge >= 0.3 is 0 Å². The molecule has 1 heterocycles. The minimum absolute atomic E-state index is 0.259. The summed E-state index contributed by atoms with van der Waals surface area (Å²) in [6.07, 6.45) is 3.93. The summed E-state index contributed by atoms with van der Waals surface area (Å²) in [5.41, 5.74) is 0. The van der Waals surface area contributed by atoms with E-state index in [0.29, 0.717) is 0 Å². The van der Waals surface area contributed by atoms with E-state index in [0.717, 1.165) is 6.42 Å². The quantitative estimate of drug-likeness (QED) is 0.715. The van der Waals surface area contributed by atoms with E-state index < -0.39 is 6.23 Å². The molecule has 1 aromatic rings. The van der Waals surface area contributed by atoms with Crippen LogP contribution in [-0.4, -0.2) is 14.9 Å². The highest BCUT2D eigenvalue weighted by Crippen LogP contribution is 2.15. The Kier molecular flexibility index (Phi) is 2.65. The molecule has 0 aliphatic rings. The first-order valence-electron chi connectivity index (χ1n) is 3.93. The van der Waals surface area contributed by atoms with Crippen molar-refractivity contribution in [1.29, 1.82) is 0 Å². The fraction of sp³-hybridized carbons (Fsp3) is 0.625. The van der Waals surface area contributed by atoms with E-state index in [1.54, 1.807) is 17.1 Å². The third-order valence-electron chi connectivity index (χ3n) is 1.95. The van der Waals surface area contributed by atoms with Crippen molar-refractivity contribution in [2.24, 2.45) is 5.92 Å². The van der Waals surface area contributed by atoms with Crippen molar-refractivity contribution in [2.45, 2.75) is 26.5 Å². The van der Waals surface area contributed by atoms with Crippen molar-refractivity contribution in [2.75, 3.05) is 0 Å². The van der Waals surface area contributed by atoms with E-state index in [4.69, 9.17) is 0 Å². The predicted octanol–water partition coefficient (Wildman–Crippen LogP) is 1.42. The highest BCUT2D eigenvalue weighted by molar-refractivity contribution is 4.79. The Balaban J connectivity index is 2.62. The van der Waals surface area contributed by atoms with Crippen molar-refractivity contribution in [3.05, 3.63) is 18.5 Å². The van der Waals surface area contributed by atoms with Crippen molar-refractivity contribution in [3.63, 3.8) is 0 Å². The molecule has 0 aromatic carbocycles. The Labute approximate surface area is 66.7 Å². The minimum atomic E-state index is -0.477. The largest absolute Gasteiger partial charge is 0.371 e. The van der Waals surface area contributed by atoms with E-state index in [1.807, 2.05) is 13.0 Å². The molecular weight excluding hydrogens is 140 g/mol. The highest BCUT2D eigenvalue weighted by atomic mass is 16.3. The molecule has 0 aliphatic heterocycles. The van der Waals surface area contributed by atoms with Gasteiger partial charge in [-0.1, -0.05) is 13.8 Å². The van der Waals surface area contributed by atoms with E-state index in [1.165, 1.54) is 0 Å². The second-order valence-corrected chi connectivity index (χ2v) is 2.79. The molecule has 1 aromatic heterocycles. The van der Waals surface area contributed by atoms with Gasteiger partial charge in [0.05, 0.1) is 0 Å². The van der Waals surface area contributed by atoms with Crippen molar-refractivity contribution >= 4 is 0 Å². The van der Waals surface area contributed by atoms with Gasteiger partial charge in [0, 0.05) is 18.3 Å². The average molecular weight is 154 g/mol. The molecule has 62 valence electrons. The first-order valence-corrected chi connectivity index (χ1v) is 3.93. The van der Waals surface area contributed by atoms with E-state index in [9.17, 15) is 5.11 Å². The van der Waals surface area contributed by atoms with Crippen LogP contribution in [0.15, 0.2) is 18.5 Å². The molecule has 0 fully saturated rings. The SMILES string of the molecule is CCC(C)C(O)n1cccn1. The molecule has 11 heavy (non-hydrogen) atoms. The average Bonchev–Trinajstić information content (AvgIpc) is 2.53. The Bertz CT molecular complexity index is 196. The first kappa shape index (κ1) is 8.27. The third kappa shape index (κ3) is 1.80. The third-order valence-corrected chi connectivity index (χ3v) is 1.95. The van der Waals surface area contributed by atoms with Gasteiger partial charge < -0.3 is 5.11 Å². The fourth-order valence-electron chi connectivity index (χ4n) is 0.909. The topological polar surface area (TPSA) is 38.0 Å². The molecule has 0 radical (unpaired) electrons. The van der Waals surface area contributed by atoms with Crippen LogP contribution in [0.25, 0.3) is 0 Å². The lowest BCUT2D eigenvalue weighted by atomic mass is 10.1. The molecule has 3 heteroatoms. The molecule has 0 saturated heterocycles. The molecule has 0 bridgehead atoms. The lowest BCUT2D eigenvalue weighted by molar-refractivity contribution is 0.0358. The summed E-state index contributed by atoms with van der Waals surface area (Å²) in [6.45, 7) is 4.06. The van der Waals surface area contributed by atoms with E-state index in [2.05, 4.69) is 12.0 Å². The van der Waals surface area contributed by atoms with Crippen LogP contribution in [0.2, 0.25) is 0 Å². The molecule has 2 atom stereocenters. The Morgan fingerprint density at radius 2 is 2.36 bits per heavy atom. The zero-order valence-corrected chi connectivity index (χ0v) is 6.94. The number of hydrogen-bond acceptors (Lipinski definition) is 2. The molecule has 0 aliphatic carbocycles. The second kappa shape index (κ2) is 3.53. The van der Waals surface area contributed by atoms with E-state index in [-0.39, 0.29) is 5.92 Å². The van der Waals surface area contributed by atoms with E-state index >= 15 is 0 Å². The maximum Gasteiger partial charge on any atom is 0.149 e. The molecule has 0 spiro atoms. The van der Waals surface area contributed by atoms with Crippen LogP contribution in [0.4, 0.5) is 0 Å². The van der Waals surface area contributed by atoms with Crippen molar-refractivity contribution in [3.8, 4) is 0 Å². The molecule has 1 rings (SSSR count). The maximum atomic E-state index is 9.58. The zero-order chi connectivity index (χ0) is 8.27. The van der Waals surface area contributed by atoms with Gasteiger partial charge in [-0.2, -0.15) is 5.10 Å². The standard InChI is InChI=1S/C8H14N2O/c1-3-7(2)8(11)10-6-4-5-9-10/h4-8,11H,3H2,1-2H3. The van der Waals surface area contributed by atoms with Gasteiger partial charge in [-0.25, -0.2) is 4.68 Å². The fourth-order valence-corrected chi connectivity index (χ4v) is 0.909. The molecule has 0 amide bonds. The molecule has 1 N–H and O–H groups in total. The summed E-state index contributed by atoms with van der Waals surface area (Å²) < 4.78 is 1.58. The maximum absolute atomic E-state index is 9.58. The number of rotatable bonds is 3. The number of hydrogen-bond donors (Lipinski definition) is 1. The zero-order valence-electron chi connectivity index (χ0n) is 6.94. The Morgan fingerprint density at radius 3 is 2.82 bits per heavy atom. The summed E-state index contributed by atoms with van der Waals surface area (Å²) >= 11 is 0. The summed E-state index contributed by atoms with van der Waals surface area (Å²) in [5, 5.41) is 13.5. The summed E-state index contributed by atoms with van der Waals surface area (Å²) in [7, 11) is 0. The van der Waals surface area contributed by atoms with Gasteiger partial charge in [-0.15, -0.1) is 0 Å². The lowest BCUT2D eigenvalue weighted by Crippen LogP contribution is -2.16. The van der Waals surface area contributed by atoms with Crippen molar-refractivity contribution < 1.29 is 5.11 Å². The normalized spacial score (nSPS) is 16.3. The minimum Gasteiger partial charge on any atom is -0.371 e. The molecule has 2 unspecified atom stereocenters. The van der Waals surface area contributed by atoms with Gasteiger partial charge in [-0.3, -0.25) is 0 Å². The lowest BCUT2D eigenvalue weighted by Gasteiger charge is -2.16. The van der Waals surface area contributed by atoms with Crippen LogP contribution in [0, 0.1) is 5.92 Å². The number of aliphatic hydroxyl groups excluding tert-OH is 1. The van der Waals surface area contributed by atoms with Crippen LogP contribution in [0.3, 0.4) is 0 Å².